The Morgan fingerprint density at radius 3 is 2.12 bits per heavy atom. The second kappa shape index (κ2) is 9.92. The number of hydrogen-bond donors (Lipinski definition) is 0. The van der Waals surface area contributed by atoms with Crippen LogP contribution in [0.3, 0.4) is 0 Å². The lowest BCUT2D eigenvalue weighted by Crippen LogP contribution is -2.36. The van der Waals surface area contributed by atoms with Crippen LogP contribution in [0.25, 0.3) is 17.7 Å². The minimum Gasteiger partial charge on any atom is -0.357 e. The summed E-state index contributed by atoms with van der Waals surface area (Å²) in [6.07, 6.45) is 29.5. The number of anilines is 3. The lowest BCUT2D eigenvalue weighted by atomic mass is 9.80. The van der Waals surface area contributed by atoms with Gasteiger partial charge in [0.25, 0.3) is 0 Å². The van der Waals surface area contributed by atoms with Crippen molar-refractivity contribution in [3.8, 4) is 0 Å². The van der Waals surface area contributed by atoms with Gasteiger partial charge in [-0.1, -0.05) is 122 Å². The van der Waals surface area contributed by atoms with Gasteiger partial charge in [-0.15, -0.1) is 0 Å². The SMILES string of the molecule is C=Cc1cccc(N2c3ccc(C4=CC5C6C=CC=CC6N(c6cccc(C=C)c6)C5C=C4)cc3C3C=CC=CC32)c1. The highest BCUT2D eigenvalue weighted by molar-refractivity contribution is 5.83. The van der Waals surface area contributed by atoms with E-state index in [1.165, 1.54) is 33.8 Å². The Morgan fingerprint density at radius 1 is 0.619 bits per heavy atom. The van der Waals surface area contributed by atoms with E-state index >= 15 is 0 Å². The van der Waals surface area contributed by atoms with E-state index in [0.29, 0.717) is 29.8 Å². The number of hydrogen-bond acceptors (Lipinski definition) is 2. The molecule has 1 saturated heterocycles. The van der Waals surface area contributed by atoms with Crippen molar-refractivity contribution < 1.29 is 0 Å². The fourth-order valence-electron chi connectivity index (χ4n) is 7.73. The topological polar surface area (TPSA) is 6.48 Å². The zero-order valence-electron chi connectivity index (χ0n) is 23.6. The molecule has 2 aliphatic heterocycles. The van der Waals surface area contributed by atoms with Crippen molar-refractivity contribution >= 4 is 34.8 Å². The predicted molar refractivity (Wildman–Crippen MR) is 179 cm³/mol. The molecule has 0 bridgehead atoms. The maximum atomic E-state index is 4.00. The van der Waals surface area contributed by atoms with E-state index in [-0.39, 0.29) is 6.04 Å². The quantitative estimate of drug-likeness (QED) is 0.317. The van der Waals surface area contributed by atoms with E-state index < -0.39 is 0 Å². The largest absolute Gasteiger partial charge is 0.357 e. The van der Waals surface area contributed by atoms with Crippen LogP contribution < -0.4 is 9.80 Å². The molecule has 0 aromatic heterocycles. The Labute approximate surface area is 249 Å². The molecule has 6 unspecified atom stereocenters. The molecule has 0 N–H and O–H groups in total. The van der Waals surface area contributed by atoms with Gasteiger partial charge in [0.1, 0.15) is 0 Å². The smallest absolute Gasteiger partial charge is 0.0629 e. The van der Waals surface area contributed by atoms with E-state index in [0.717, 1.165) is 11.1 Å². The van der Waals surface area contributed by atoms with E-state index in [9.17, 15) is 0 Å². The van der Waals surface area contributed by atoms with Gasteiger partial charge >= 0.3 is 0 Å². The molecule has 2 heterocycles. The van der Waals surface area contributed by atoms with Crippen LogP contribution in [0, 0.1) is 11.8 Å². The number of fused-ring (bicyclic) bond motifs is 6. The number of benzene rings is 3. The van der Waals surface area contributed by atoms with Gasteiger partial charge in [0.05, 0.1) is 18.1 Å². The van der Waals surface area contributed by atoms with Crippen LogP contribution >= 0.6 is 0 Å². The van der Waals surface area contributed by atoms with E-state index in [4.69, 9.17) is 0 Å². The average molecular weight is 543 g/mol. The van der Waals surface area contributed by atoms with E-state index in [1.54, 1.807) is 0 Å². The molecule has 8 rings (SSSR count). The second-order valence-electron chi connectivity index (χ2n) is 11.8. The first-order valence-electron chi connectivity index (χ1n) is 15.0. The summed E-state index contributed by atoms with van der Waals surface area (Å²) in [5, 5.41) is 0. The Morgan fingerprint density at radius 2 is 1.31 bits per heavy atom. The van der Waals surface area contributed by atoms with Crippen molar-refractivity contribution in [2.24, 2.45) is 11.8 Å². The van der Waals surface area contributed by atoms with Gasteiger partial charge in [-0.3, -0.25) is 0 Å². The molecule has 3 aromatic rings. The van der Waals surface area contributed by atoms with Crippen LogP contribution in [0.2, 0.25) is 0 Å². The second-order valence-corrected chi connectivity index (χ2v) is 11.8. The molecule has 2 heteroatoms. The molecule has 2 nitrogen and oxygen atoms in total. The normalized spacial score (nSPS) is 27.8. The summed E-state index contributed by atoms with van der Waals surface area (Å²) in [6.45, 7) is 8.00. The summed E-state index contributed by atoms with van der Waals surface area (Å²) >= 11 is 0. The molecular weight excluding hydrogens is 508 g/mol. The molecule has 3 aliphatic carbocycles. The number of rotatable bonds is 5. The zero-order valence-corrected chi connectivity index (χ0v) is 23.6. The summed E-state index contributed by atoms with van der Waals surface area (Å²) in [5.74, 6) is 1.17. The van der Waals surface area contributed by atoms with Gasteiger partial charge in [0.2, 0.25) is 0 Å². The fraction of sp³-hybridized carbons (Fsp3) is 0.150. The van der Waals surface area contributed by atoms with Gasteiger partial charge < -0.3 is 9.80 Å². The van der Waals surface area contributed by atoms with E-state index in [2.05, 4.69) is 157 Å². The van der Waals surface area contributed by atoms with E-state index in [1.807, 2.05) is 12.2 Å². The summed E-state index contributed by atoms with van der Waals surface area (Å²) in [5.41, 5.74) is 10.1. The number of nitrogens with zero attached hydrogens (tertiary/aromatic N) is 2. The molecule has 0 amide bonds. The first-order valence-corrected chi connectivity index (χ1v) is 15.0. The lowest BCUT2D eigenvalue weighted by molar-refractivity contribution is 0.528. The minimum atomic E-state index is 0.273. The zero-order chi connectivity index (χ0) is 28.2. The minimum absolute atomic E-state index is 0.273. The Kier molecular flexibility index (Phi) is 5.89. The summed E-state index contributed by atoms with van der Waals surface area (Å²) < 4.78 is 0. The maximum Gasteiger partial charge on any atom is 0.0629 e. The predicted octanol–water partition coefficient (Wildman–Crippen LogP) is 9.27. The molecule has 1 fully saturated rings. The van der Waals surface area contributed by atoms with Crippen molar-refractivity contribution in [3.63, 3.8) is 0 Å². The maximum absolute atomic E-state index is 4.00. The van der Waals surface area contributed by atoms with Crippen molar-refractivity contribution in [2.45, 2.75) is 24.0 Å². The first kappa shape index (κ1) is 24.9. The number of allylic oxidation sites excluding steroid dienone is 6. The van der Waals surface area contributed by atoms with Crippen LogP contribution in [0.1, 0.15) is 28.2 Å². The van der Waals surface area contributed by atoms with Crippen molar-refractivity contribution in [1.82, 2.24) is 0 Å². The first-order chi connectivity index (χ1) is 20.7. The molecule has 0 spiro atoms. The van der Waals surface area contributed by atoms with Crippen LogP contribution in [0.15, 0.2) is 147 Å². The van der Waals surface area contributed by atoms with Gasteiger partial charge in [0.15, 0.2) is 0 Å². The summed E-state index contributed by atoms with van der Waals surface area (Å²) in [7, 11) is 0. The van der Waals surface area contributed by atoms with Crippen molar-refractivity contribution in [1.29, 1.82) is 0 Å². The molecule has 204 valence electrons. The average Bonchev–Trinajstić information content (AvgIpc) is 3.57. The molecule has 3 aromatic carbocycles. The molecular formula is C40H34N2. The van der Waals surface area contributed by atoms with Crippen molar-refractivity contribution in [3.05, 3.63) is 169 Å². The Hall–Kier alpha value is -4.82. The highest BCUT2D eigenvalue weighted by atomic mass is 15.2. The third-order valence-corrected chi connectivity index (χ3v) is 9.64. The molecule has 0 saturated carbocycles. The van der Waals surface area contributed by atoms with Gasteiger partial charge in [-0.25, -0.2) is 0 Å². The van der Waals surface area contributed by atoms with Gasteiger partial charge in [-0.2, -0.15) is 0 Å². The standard InChI is InChI=1S/C40H34N2/c1-3-27-11-9-13-31(23-27)41-37-17-7-5-15-33(37)35-25-29(19-21-39(35)41)30-20-22-40-36(26-30)34-16-6-8-18-38(34)42(40)32-14-10-12-28(4-2)24-32/h3-26,33-35,37-39H,1-2H2. The van der Waals surface area contributed by atoms with Crippen LogP contribution in [-0.4, -0.2) is 18.1 Å². The fourth-order valence-corrected chi connectivity index (χ4v) is 7.73. The van der Waals surface area contributed by atoms with Crippen LogP contribution in [0.4, 0.5) is 17.1 Å². The monoisotopic (exact) mass is 542 g/mol. The highest BCUT2D eigenvalue weighted by Gasteiger charge is 2.46. The van der Waals surface area contributed by atoms with Crippen LogP contribution in [-0.2, 0) is 0 Å². The molecule has 0 radical (unpaired) electrons. The lowest BCUT2D eigenvalue weighted by Gasteiger charge is -2.32. The van der Waals surface area contributed by atoms with Gasteiger partial charge in [0, 0.05) is 34.8 Å². The van der Waals surface area contributed by atoms with Crippen molar-refractivity contribution in [2.75, 3.05) is 9.80 Å². The summed E-state index contributed by atoms with van der Waals surface area (Å²) in [6, 6.07) is 25.5. The Bertz CT molecular complexity index is 1780. The molecule has 6 atom stereocenters. The highest BCUT2D eigenvalue weighted by Crippen LogP contribution is 2.50. The van der Waals surface area contributed by atoms with Gasteiger partial charge in [-0.05, 0) is 64.2 Å². The van der Waals surface area contributed by atoms with Crippen LogP contribution in [0.5, 0.6) is 0 Å². The molecule has 42 heavy (non-hydrogen) atoms. The molecule has 5 aliphatic rings. The summed E-state index contributed by atoms with van der Waals surface area (Å²) in [4.78, 5) is 5.10. The Balaban J connectivity index is 1.17. The third-order valence-electron chi connectivity index (χ3n) is 9.64. The third kappa shape index (κ3) is 3.86.